The Morgan fingerprint density at radius 1 is 1.31 bits per heavy atom. The van der Waals surface area contributed by atoms with Gasteiger partial charge in [0.25, 0.3) is 0 Å². The van der Waals surface area contributed by atoms with Gasteiger partial charge in [-0.1, -0.05) is 6.92 Å². The molecule has 0 unspecified atom stereocenters. The fraction of sp³-hybridized carbons (Fsp3) is 0.312. The Bertz CT molecular complexity index is 1080. The molecule has 4 N–H and O–H groups in total. The number of halogens is 2. The van der Waals surface area contributed by atoms with Gasteiger partial charge in [-0.25, -0.2) is 18.6 Å². The summed E-state index contributed by atoms with van der Waals surface area (Å²) in [5.41, 5.74) is 4.76. The van der Waals surface area contributed by atoms with Crippen LogP contribution in [0.5, 0.6) is 5.75 Å². The first-order valence-electron chi connectivity index (χ1n) is 8.41. The summed E-state index contributed by atoms with van der Waals surface area (Å²) in [7, 11) is 1.40. The number of tetrazole rings is 1. The topological polar surface area (TPSA) is 146 Å². The predicted octanol–water partition coefficient (Wildman–Crippen LogP) is 0.367. The number of anilines is 3. The van der Waals surface area contributed by atoms with E-state index in [2.05, 4.69) is 25.7 Å². The molecule has 2 aromatic heterocycles. The molecule has 3 rings (SSSR count). The molecule has 0 saturated carbocycles. The Kier molecular flexibility index (Phi) is 5.68. The first-order valence-corrected chi connectivity index (χ1v) is 8.41. The van der Waals surface area contributed by atoms with Crippen LogP contribution in [-0.2, 0) is 7.05 Å². The van der Waals surface area contributed by atoms with E-state index in [9.17, 15) is 13.6 Å². The molecule has 0 bridgehead atoms. The number of hydrogen-bond donors (Lipinski definition) is 3. The van der Waals surface area contributed by atoms with Crippen LogP contribution in [0.2, 0.25) is 0 Å². The number of nitrogens with two attached hydrogens (primary N) is 1. The van der Waals surface area contributed by atoms with Crippen molar-refractivity contribution in [1.29, 1.82) is 0 Å². The lowest BCUT2D eigenvalue weighted by Crippen LogP contribution is -2.23. The standard InChI is InChI=1S/C16H18F2N8O3/c1-8(6-27)7-29-13-3-9(17)11(21-15-20-5-10(18)14(19)22-15)4-12(13)26-16(28)25(2)23-24-26/h3-5,8,27H,6-7H2,1-2H3,(H3,19,20,21,22)/t8-/m1/s1. The maximum atomic E-state index is 14.6. The highest BCUT2D eigenvalue weighted by molar-refractivity contribution is 5.63. The van der Waals surface area contributed by atoms with E-state index in [1.807, 2.05) is 0 Å². The van der Waals surface area contributed by atoms with Crippen LogP contribution in [-0.4, -0.2) is 48.1 Å². The van der Waals surface area contributed by atoms with Gasteiger partial charge in [0, 0.05) is 25.6 Å². The Morgan fingerprint density at radius 3 is 2.69 bits per heavy atom. The molecule has 0 saturated heterocycles. The lowest BCUT2D eigenvalue weighted by molar-refractivity contribution is 0.174. The number of nitrogen functional groups attached to an aromatic ring is 1. The zero-order valence-electron chi connectivity index (χ0n) is 15.5. The normalized spacial score (nSPS) is 12.0. The largest absolute Gasteiger partial charge is 0.491 e. The molecule has 0 spiro atoms. The van der Waals surface area contributed by atoms with Crippen molar-refractivity contribution >= 4 is 17.5 Å². The van der Waals surface area contributed by atoms with E-state index in [0.717, 1.165) is 21.6 Å². The number of benzene rings is 1. The quantitative estimate of drug-likeness (QED) is 0.504. The zero-order valence-corrected chi connectivity index (χ0v) is 15.5. The summed E-state index contributed by atoms with van der Waals surface area (Å²) in [5, 5.41) is 19.1. The monoisotopic (exact) mass is 408 g/mol. The summed E-state index contributed by atoms with van der Waals surface area (Å²) in [5.74, 6) is -2.35. The van der Waals surface area contributed by atoms with E-state index >= 15 is 0 Å². The lowest BCUT2D eigenvalue weighted by atomic mass is 10.2. The average molecular weight is 408 g/mol. The molecule has 29 heavy (non-hydrogen) atoms. The van der Waals surface area contributed by atoms with E-state index in [4.69, 9.17) is 15.6 Å². The summed E-state index contributed by atoms with van der Waals surface area (Å²) in [6.07, 6.45) is 0.838. The highest BCUT2D eigenvalue weighted by Crippen LogP contribution is 2.30. The van der Waals surface area contributed by atoms with Gasteiger partial charge in [-0.2, -0.15) is 14.3 Å². The van der Waals surface area contributed by atoms with E-state index < -0.39 is 23.1 Å². The first kappa shape index (κ1) is 20.1. The van der Waals surface area contributed by atoms with Crippen molar-refractivity contribution < 1.29 is 18.6 Å². The van der Waals surface area contributed by atoms with Crippen molar-refractivity contribution in [2.75, 3.05) is 24.3 Å². The van der Waals surface area contributed by atoms with Crippen molar-refractivity contribution in [3.8, 4) is 11.4 Å². The maximum absolute atomic E-state index is 14.6. The number of rotatable bonds is 7. The summed E-state index contributed by atoms with van der Waals surface area (Å²) in [6.45, 7) is 1.67. The molecular formula is C16H18F2N8O3. The third-order valence-electron chi connectivity index (χ3n) is 3.85. The van der Waals surface area contributed by atoms with Crippen LogP contribution in [0.25, 0.3) is 5.69 Å². The fourth-order valence-electron chi connectivity index (χ4n) is 2.23. The minimum absolute atomic E-state index is 0.00971. The second-order valence-corrected chi connectivity index (χ2v) is 6.25. The van der Waals surface area contributed by atoms with Crippen LogP contribution < -0.4 is 21.5 Å². The molecule has 1 atom stereocenters. The molecule has 0 fully saturated rings. The van der Waals surface area contributed by atoms with E-state index in [1.165, 1.54) is 13.1 Å². The van der Waals surface area contributed by atoms with Gasteiger partial charge >= 0.3 is 5.69 Å². The Labute approximate surface area is 162 Å². The summed E-state index contributed by atoms with van der Waals surface area (Å²) >= 11 is 0. The number of aliphatic hydroxyl groups is 1. The van der Waals surface area contributed by atoms with Crippen LogP contribution >= 0.6 is 0 Å². The molecule has 154 valence electrons. The van der Waals surface area contributed by atoms with Gasteiger partial charge in [0.05, 0.1) is 18.5 Å². The van der Waals surface area contributed by atoms with E-state index in [-0.39, 0.29) is 42.2 Å². The Morgan fingerprint density at radius 2 is 2.07 bits per heavy atom. The summed E-state index contributed by atoms with van der Waals surface area (Å²) < 4.78 is 35.4. The molecule has 0 amide bonds. The minimum atomic E-state index is -0.815. The summed E-state index contributed by atoms with van der Waals surface area (Å²) in [6, 6.07) is 2.28. The zero-order chi connectivity index (χ0) is 21.1. The fourth-order valence-corrected chi connectivity index (χ4v) is 2.23. The Hall–Kier alpha value is -3.61. The maximum Gasteiger partial charge on any atom is 0.368 e. The van der Waals surface area contributed by atoms with Crippen molar-refractivity contribution in [1.82, 2.24) is 29.8 Å². The van der Waals surface area contributed by atoms with Gasteiger partial charge < -0.3 is 20.9 Å². The second-order valence-electron chi connectivity index (χ2n) is 6.25. The molecule has 13 heteroatoms. The third kappa shape index (κ3) is 4.29. The molecule has 3 aromatic rings. The molecule has 0 aliphatic carbocycles. The number of nitrogens with one attached hydrogen (secondary N) is 1. The van der Waals surface area contributed by atoms with Crippen LogP contribution in [0, 0.1) is 17.6 Å². The number of nitrogens with zero attached hydrogens (tertiary/aromatic N) is 6. The van der Waals surface area contributed by atoms with Gasteiger partial charge in [-0.3, -0.25) is 0 Å². The molecule has 0 aliphatic rings. The van der Waals surface area contributed by atoms with Crippen molar-refractivity contribution in [2.24, 2.45) is 13.0 Å². The molecule has 0 aliphatic heterocycles. The minimum Gasteiger partial charge on any atom is -0.491 e. The van der Waals surface area contributed by atoms with Crippen LogP contribution in [0.3, 0.4) is 0 Å². The molecule has 0 radical (unpaired) electrons. The van der Waals surface area contributed by atoms with Gasteiger partial charge in [0.15, 0.2) is 17.5 Å². The lowest BCUT2D eigenvalue weighted by Gasteiger charge is -2.15. The number of hydrogen-bond acceptors (Lipinski definition) is 9. The average Bonchev–Trinajstić information content (AvgIpc) is 3.03. The van der Waals surface area contributed by atoms with Crippen LogP contribution in [0.4, 0.5) is 26.2 Å². The SMILES string of the molecule is C[C@H](CO)COc1cc(F)c(Nc2ncc(F)c(N)n2)cc1-n1nnn(C)c1=O. The van der Waals surface area contributed by atoms with Crippen LogP contribution in [0.15, 0.2) is 23.1 Å². The van der Waals surface area contributed by atoms with Crippen LogP contribution in [0.1, 0.15) is 6.92 Å². The van der Waals surface area contributed by atoms with Gasteiger partial charge in [0.2, 0.25) is 5.95 Å². The van der Waals surface area contributed by atoms with Crippen molar-refractivity contribution in [2.45, 2.75) is 6.92 Å². The molecular weight excluding hydrogens is 390 g/mol. The Balaban J connectivity index is 2.04. The second kappa shape index (κ2) is 8.18. The smallest absolute Gasteiger partial charge is 0.368 e. The van der Waals surface area contributed by atoms with Gasteiger partial charge in [-0.15, -0.1) is 0 Å². The third-order valence-corrected chi connectivity index (χ3v) is 3.85. The van der Waals surface area contributed by atoms with Crippen molar-refractivity contribution in [3.63, 3.8) is 0 Å². The molecule has 1 aromatic carbocycles. The van der Waals surface area contributed by atoms with Crippen molar-refractivity contribution in [3.05, 3.63) is 40.4 Å². The highest BCUT2D eigenvalue weighted by Gasteiger charge is 2.18. The number of aryl methyl sites for hydroxylation is 1. The number of aromatic nitrogens is 6. The molecule has 11 nitrogen and oxygen atoms in total. The number of ether oxygens (including phenoxy) is 1. The predicted molar refractivity (Wildman–Crippen MR) is 98.0 cm³/mol. The highest BCUT2D eigenvalue weighted by atomic mass is 19.1. The van der Waals surface area contributed by atoms with Gasteiger partial charge in [-0.05, 0) is 16.5 Å². The first-order chi connectivity index (χ1) is 13.8. The van der Waals surface area contributed by atoms with E-state index in [1.54, 1.807) is 6.92 Å². The van der Waals surface area contributed by atoms with Gasteiger partial charge in [0.1, 0.15) is 11.4 Å². The number of aliphatic hydroxyl groups excluding tert-OH is 1. The van der Waals surface area contributed by atoms with E-state index in [0.29, 0.717) is 0 Å². The molecule has 2 heterocycles. The summed E-state index contributed by atoms with van der Waals surface area (Å²) in [4.78, 5) is 19.6.